The summed E-state index contributed by atoms with van der Waals surface area (Å²) >= 11 is 5.03. The number of aryl methyl sites for hydroxylation is 1. The smallest absolute Gasteiger partial charge is 0.325 e. The summed E-state index contributed by atoms with van der Waals surface area (Å²) in [6.45, 7) is 1.69. The fraction of sp³-hybridized carbons (Fsp3) is 0.357. The third-order valence-corrected chi connectivity index (χ3v) is 3.07. The van der Waals surface area contributed by atoms with Crippen LogP contribution in [-0.2, 0) is 19.1 Å². The van der Waals surface area contributed by atoms with E-state index in [0.29, 0.717) is 11.3 Å². The number of carbonyl (C=O) groups is 2. The molecule has 0 heterocycles. The first kappa shape index (κ1) is 16.9. The number of carbonyl (C=O) groups excluding carboxylic acids is 2. The SMILES string of the molecule is COC(=O)CN(CC(=O)OC)c1ccc(C)cc1C(N)=S. The van der Waals surface area contributed by atoms with Crippen LogP contribution in [0.25, 0.3) is 0 Å². The topological polar surface area (TPSA) is 81.9 Å². The first-order valence-electron chi connectivity index (χ1n) is 6.18. The van der Waals surface area contributed by atoms with Gasteiger partial charge in [-0.05, 0) is 19.1 Å². The Labute approximate surface area is 128 Å². The van der Waals surface area contributed by atoms with Gasteiger partial charge in [0.25, 0.3) is 0 Å². The Hall–Kier alpha value is -2.15. The average molecular weight is 310 g/mol. The van der Waals surface area contributed by atoms with Crippen LogP contribution in [0.3, 0.4) is 0 Å². The van der Waals surface area contributed by atoms with Crippen LogP contribution in [0.15, 0.2) is 18.2 Å². The summed E-state index contributed by atoms with van der Waals surface area (Å²) in [4.78, 5) is 24.8. The van der Waals surface area contributed by atoms with Crippen LogP contribution >= 0.6 is 12.2 Å². The highest BCUT2D eigenvalue weighted by molar-refractivity contribution is 7.80. The fourth-order valence-corrected chi connectivity index (χ4v) is 1.95. The van der Waals surface area contributed by atoms with E-state index in [1.807, 2.05) is 13.0 Å². The van der Waals surface area contributed by atoms with Crippen LogP contribution in [0.1, 0.15) is 11.1 Å². The molecule has 0 spiro atoms. The maximum atomic E-state index is 11.5. The maximum absolute atomic E-state index is 11.5. The molecule has 0 aliphatic rings. The lowest BCUT2D eigenvalue weighted by Gasteiger charge is -2.24. The summed E-state index contributed by atoms with van der Waals surface area (Å²) in [7, 11) is 2.56. The van der Waals surface area contributed by atoms with E-state index in [2.05, 4.69) is 9.47 Å². The molecule has 0 saturated heterocycles. The third kappa shape index (κ3) is 4.71. The average Bonchev–Trinajstić information content (AvgIpc) is 2.45. The fourth-order valence-electron chi connectivity index (χ4n) is 1.79. The number of esters is 2. The van der Waals surface area contributed by atoms with Gasteiger partial charge in [0.2, 0.25) is 0 Å². The lowest BCUT2D eigenvalue weighted by Crippen LogP contribution is -2.37. The molecule has 2 N–H and O–H groups in total. The summed E-state index contributed by atoms with van der Waals surface area (Å²) in [6.07, 6.45) is 0. The highest BCUT2D eigenvalue weighted by Gasteiger charge is 2.19. The lowest BCUT2D eigenvalue weighted by molar-refractivity contribution is -0.140. The Morgan fingerprint density at radius 2 is 1.71 bits per heavy atom. The van der Waals surface area contributed by atoms with Crippen LogP contribution in [0.4, 0.5) is 5.69 Å². The number of benzene rings is 1. The summed E-state index contributed by atoms with van der Waals surface area (Å²) in [5, 5.41) is 0. The molecule has 0 amide bonds. The molecule has 0 fully saturated rings. The van der Waals surface area contributed by atoms with E-state index in [1.54, 1.807) is 12.1 Å². The minimum atomic E-state index is -0.478. The van der Waals surface area contributed by atoms with Crippen molar-refractivity contribution in [3.05, 3.63) is 29.3 Å². The van der Waals surface area contributed by atoms with Gasteiger partial charge in [0.1, 0.15) is 18.1 Å². The van der Waals surface area contributed by atoms with E-state index >= 15 is 0 Å². The van der Waals surface area contributed by atoms with Gasteiger partial charge in [0.15, 0.2) is 0 Å². The molecule has 1 rings (SSSR count). The number of hydrogen-bond acceptors (Lipinski definition) is 6. The molecule has 114 valence electrons. The molecule has 0 saturated carbocycles. The number of anilines is 1. The number of ether oxygens (including phenoxy) is 2. The van der Waals surface area contributed by atoms with Crippen molar-refractivity contribution in [2.24, 2.45) is 5.73 Å². The lowest BCUT2D eigenvalue weighted by atomic mass is 10.1. The first-order chi connectivity index (χ1) is 9.88. The summed E-state index contributed by atoms with van der Waals surface area (Å²) in [5.74, 6) is -0.957. The molecule has 0 unspecified atom stereocenters. The number of nitrogens with zero attached hydrogens (tertiary/aromatic N) is 1. The highest BCUT2D eigenvalue weighted by Crippen LogP contribution is 2.22. The maximum Gasteiger partial charge on any atom is 0.325 e. The highest BCUT2D eigenvalue weighted by atomic mass is 32.1. The van der Waals surface area contributed by atoms with E-state index < -0.39 is 11.9 Å². The molecule has 1 aromatic carbocycles. The molecule has 0 bridgehead atoms. The van der Waals surface area contributed by atoms with Crippen molar-refractivity contribution in [1.29, 1.82) is 0 Å². The molecule has 0 radical (unpaired) electrons. The normalized spacial score (nSPS) is 9.86. The van der Waals surface area contributed by atoms with Gasteiger partial charge in [0, 0.05) is 11.3 Å². The first-order valence-corrected chi connectivity index (χ1v) is 6.59. The number of thiocarbonyl (C=S) groups is 1. The molecule has 21 heavy (non-hydrogen) atoms. The van der Waals surface area contributed by atoms with Gasteiger partial charge < -0.3 is 20.1 Å². The molecule has 1 aromatic rings. The van der Waals surface area contributed by atoms with Crippen molar-refractivity contribution in [3.8, 4) is 0 Å². The second-order valence-electron chi connectivity index (χ2n) is 4.39. The largest absolute Gasteiger partial charge is 0.468 e. The van der Waals surface area contributed by atoms with Crippen LogP contribution in [0, 0.1) is 6.92 Å². The molecule has 7 heteroatoms. The second kappa shape index (κ2) is 7.58. The Morgan fingerprint density at radius 1 is 1.19 bits per heavy atom. The van der Waals surface area contributed by atoms with E-state index in [-0.39, 0.29) is 18.1 Å². The number of rotatable bonds is 6. The third-order valence-electron chi connectivity index (χ3n) is 2.85. The van der Waals surface area contributed by atoms with Crippen molar-refractivity contribution in [2.45, 2.75) is 6.92 Å². The van der Waals surface area contributed by atoms with Gasteiger partial charge >= 0.3 is 11.9 Å². The van der Waals surface area contributed by atoms with Gasteiger partial charge in [-0.2, -0.15) is 0 Å². The van der Waals surface area contributed by atoms with Gasteiger partial charge in [-0.3, -0.25) is 9.59 Å². The Morgan fingerprint density at radius 3 is 2.14 bits per heavy atom. The van der Waals surface area contributed by atoms with Crippen molar-refractivity contribution >= 4 is 34.8 Å². The van der Waals surface area contributed by atoms with Crippen LogP contribution in [0.5, 0.6) is 0 Å². The van der Waals surface area contributed by atoms with Crippen molar-refractivity contribution in [3.63, 3.8) is 0 Å². The predicted molar refractivity (Wildman–Crippen MR) is 83.3 cm³/mol. The van der Waals surface area contributed by atoms with E-state index in [0.717, 1.165) is 5.56 Å². The van der Waals surface area contributed by atoms with Crippen LogP contribution < -0.4 is 10.6 Å². The molecule has 0 aliphatic heterocycles. The van der Waals surface area contributed by atoms with Crippen LogP contribution in [0.2, 0.25) is 0 Å². The molecule has 0 aromatic heterocycles. The summed E-state index contributed by atoms with van der Waals surface area (Å²) in [5.41, 5.74) is 7.87. The molecular weight excluding hydrogens is 292 g/mol. The second-order valence-corrected chi connectivity index (χ2v) is 4.83. The van der Waals surface area contributed by atoms with Crippen molar-refractivity contribution in [2.75, 3.05) is 32.2 Å². The predicted octanol–water partition coefficient (Wildman–Crippen LogP) is 0.782. The zero-order valence-electron chi connectivity index (χ0n) is 12.2. The van der Waals surface area contributed by atoms with Gasteiger partial charge in [-0.15, -0.1) is 0 Å². The van der Waals surface area contributed by atoms with Crippen molar-refractivity contribution in [1.82, 2.24) is 0 Å². The zero-order valence-corrected chi connectivity index (χ0v) is 13.0. The van der Waals surface area contributed by atoms with Gasteiger partial charge in [0.05, 0.1) is 14.2 Å². The minimum Gasteiger partial charge on any atom is -0.468 e. The van der Waals surface area contributed by atoms with E-state index in [1.165, 1.54) is 19.1 Å². The number of methoxy groups -OCH3 is 2. The Kier molecular flexibility index (Phi) is 6.10. The molecular formula is C14H18N2O4S. The standard InChI is InChI=1S/C14H18N2O4S/c1-9-4-5-11(10(6-9)14(15)21)16(7-12(17)19-2)8-13(18)20-3/h4-6H,7-8H2,1-3H3,(H2,15,21). The van der Waals surface area contributed by atoms with Gasteiger partial charge in [-0.25, -0.2) is 0 Å². The Balaban J connectivity index is 3.21. The van der Waals surface area contributed by atoms with Crippen LogP contribution in [-0.4, -0.2) is 44.2 Å². The summed E-state index contributed by atoms with van der Waals surface area (Å²) in [6, 6.07) is 5.41. The number of hydrogen-bond donors (Lipinski definition) is 1. The van der Waals surface area contributed by atoms with E-state index in [4.69, 9.17) is 18.0 Å². The van der Waals surface area contributed by atoms with E-state index in [9.17, 15) is 9.59 Å². The molecule has 6 nitrogen and oxygen atoms in total. The summed E-state index contributed by atoms with van der Waals surface area (Å²) < 4.78 is 9.29. The molecule has 0 atom stereocenters. The molecule has 0 aliphatic carbocycles. The van der Waals surface area contributed by atoms with Gasteiger partial charge in [-0.1, -0.05) is 23.8 Å². The quantitative estimate of drug-likeness (QED) is 0.614. The Bertz CT molecular complexity index is 542. The zero-order chi connectivity index (χ0) is 16.0. The monoisotopic (exact) mass is 310 g/mol. The minimum absolute atomic E-state index is 0.107. The number of nitrogens with two attached hydrogens (primary N) is 1. The van der Waals surface area contributed by atoms with Crippen molar-refractivity contribution < 1.29 is 19.1 Å².